The average molecular weight is 348 g/mol. The van der Waals surface area contributed by atoms with Crippen molar-refractivity contribution < 1.29 is 13.2 Å². The number of benzene rings is 1. The molecule has 0 spiro atoms. The van der Waals surface area contributed by atoms with E-state index in [4.69, 9.17) is 0 Å². The molecule has 120 valence electrons. The van der Waals surface area contributed by atoms with Gasteiger partial charge in [-0.2, -0.15) is 0 Å². The highest BCUT2D eigenvalue weighted by Gasteiger charge is 2.38. The second-order valence-corrected chi connectivity index (χ2v) is 8.78. The summed E-state index contributed by atoms with van der Waals surface area (Å²) in [6.45, 7) is 2.64. The third-order valence-corrected chi connectivity index (χ3v) is 7.21. The Morgan fingerprint density at radius 1 is 1.35 bits per heavy atom. The van der Waals surface area contributed by atoms with Gasteiger partial charge in [0.15, 0.2) is 0 Å². The minimum absolute atomic E-state index is 0.110. The van der Waals surface area contributed by atoms with E-state index in [2.05, 4.69) is 4.72 Å². The van der Waals surface area contributed by atoms with E-state index in [9.17, 15) is 13.2 Å². The Labute approximate surface area is 139 Å². The molecule has 0 fully saturated rings. The summed E-state index contributed by atoms with van der Waals surface area (Å²) < 4.78 is 27.8. The summed E-state index contributed by atoms with van der Waals surface area (Å²) >= 11 is 1.18. The fraction of sp³-hybridized carbons (Fsp3) is 0.312. The lowest BCUT2D eigenvalue weighted by atomic mass is 9.96. The van der Waals surface area contributed by atoms with Crippen LogP contribution in [0.2, 0.25) is 0 Å². The van der Waals surface area contributed by atoms with E-state index < -0.39 is 10.0 Å². The summed E-state index contributed by atoms with van der Waals surface area (Å²) in [7, 11) is -3.57. The first-order valence-electron chi connectivity index (χ1n) is 7.52. The molecule has 3 heterocycles. The van der Waals surface area contributed by atoms with E-state index in [-0.39, 0.29) is 16.0 Å². The third kappa shape index (κ3) is 2.26. The Hall–Kier alpha value is -1.86. The van der Waals surface area contributed by atoms with Gasteiger partial charge in [-0.3, -0.25) is 9.52 Å². The molecule has 0 saturated heterocycles. The first kappa shape index (κ1) is 14.7. The number of anilines is 2. The Bertz CT molecular complexity index is 888. The Kier molecular flexibility index (Phi) is 3.24. The summed E-state index contributed by atoms with van der Waals surface area (Å²) in [5.74, 6) is -0.104. The van der Waals surface area contributed by atoms with Crippen LogP contribution in [0.25, 0.3) is 0 Å². The summed E-state index contributed by atoms with van der Waals surface area (Å²) in [5, 5.41) is 1.74. The second kappa shape index (κ2) is 5.07. The van der Waals surface area contributed by atoms with Gasteiger partial charge in [0.2, 0.25) is 5.91 Å². The minimum atomic E-state index is -3.57. The van der Waals surface area contributed by atoms with Crippen molar-refractivity contribution in [2.24, 2.45) is 0 Å². The molecule has 0 unspecified atom stereocenters. The van der Waals surface area contributed by atoms with E-state index in [1.807, 2.05) is 17.9 Å². The van der Waals surface area contributed by atoms with Gasteiger partial charge >= 0.3 is 0 Å². The van der Waals surface area contributed by atoms with Gasteiger partial charge < -0.3 is 4.90 Å². The first-order valence-corrected chi connectivity index (χ1v) is 9.88. The van der Waals surface area contributed by atoms with Crippen molar-refractivity contribution in [1.29, 1.82) is 0 Å². The molecule has 5 nitrogen and oxygen atoms in total. The number of nitrogens with zero attached hydrogens (tertiary/aromatic N) is 1. The maximum Gasteiger partial charge on any atom is 0.271 e. The van der Waals surface area contributed by atoms with Gasteiger partial charge in [-0.25, -0.2) is 8.42 Å². The van der Waals surface area contributed by atoms with Gasteiger partial charge in [0.1, 0.15) is 4.21 Å². The molecule has 7 heteroatoms. The zero-order valence-electron chi connectivity index (χ0n) is 12.6. The molecule has 23 heavy (non-hydrogen) atoms. The summed E-state index contributed by atoms with van der Waals surface area (Å²) in [4.78, 5) is 14.2. The van der Waals surface area contributed by atoms with Crippen LogP contribution in [0.1, 0.15) is 30.4 Å². The standard InChI is InChI=1S/C16H16N2O3S2/c1-10-13-9-12(17-23(20,21)14-5-3-7-22-14)8-11-4-2-6-18(15(11)13)16(10)19/h3,5,7-10,17H,2,4,6H2,1H3/t10-/m0/s1. The van der Waals surface area contributed by atoms with Crippen LogP contribution in [-0.4, -0.2) is 20.9 Å². The molecule has 0 radical (unpaired) electrons. The fourth-order valence-corrected chi connectivity index (χ4v) is 5.41. The van der Waals surface area contributed by atoms with Gasteiger partial charge in [0, 0.05) is 12.2 Å². The number of sulfonamides is 1. The van der Waals surface area contributed by atoms with Crippen LogP contribution in [0.3, 0.4) is 0 Å². The van der Waals surface area contributed by atoms with Crippen molar-refractivity contribution >= 4 is 38.6 Å². The largest absolute Gasteiger partial charge is 0.311 e. The van der Waals surface area contributed by atoms with Crippen LogP contribution in [0.5, 0.6) is 0 Å². The summed E-state index contributed by atoms with van der Waals surface area (Å²) in [5.41, 5.74) is 3.51. The highest BCUT2D eigenvalue weighted by atomic mass is 32.2. The molecule has 0 saturated carbocycles. The molecule has 1 aromatic carbocycles. The van der Waals surface area contributed by atoms with Crippen molar-refractivity contribution in [3.63, 3.8) is 0 Å². The van der Waals surface area contributed by atoms with E-state index in [1.165, 1.54) is 11.3 Å². The highest BCUT2D eigenvalue weighted by Crippen LogP contribution is 2.44. The second-order valence-electron chi connectivity index (χ2n) is 5.93. The monoisotopic (exact) mass is 348 g/mol. The number of thiophene rings is 1. The Balaban J connectivity index is 1.77. The average Bonchev–Trinajstić information content (AvgIpc) is 3.13. The van der Waals surface area contributed by atoms with Gasteiger partial charge in [-0.05, 0) is 54.5 Å². The van der Waals surface area contributed by atoms with E-state index >= 15 is 0 Å². The topological polar surface area (TPSA) is 66.5 Å². The lowest BCUT2D eigenvalue weighted by molar-refractivity contribution is -0.119. The lowest BCUT2D eigenvalue weighted by Crippen LogP contribution is -2.32. The molecule has 0 aliphatic carbocycles. The minimum Gasteiger partial charge on any atom is -0.311 e. The Morgan fingerprint density at radius 3 is 2.91 bits per heavy atom. The quantitative estimate of drug-likeness (QED) is 0.927. The van der Waals surface area contributed by atoms with Crippen molar-refractivity contribution in [3.05, 3.63) is 40.8 Å². The molecule has 1 amide bonds. The molecule has 2 aliphatic rings. The molecule has 1 N–H and O–H groups in total. The summed E-state index contributed by atoms with van der Waals surface area (Å²) in [6, 6.07) is 6.96. The molecule has 4 rings (SSSR count). The van der Waals surface area contributed by atoms with Gasteiger partial charge in [0.25, 0.3) is 10.0 Å². The normalized spacial score (nSPS) is 19.8. The fourth-order valence-electron chi connectivity index (χ4n) is 3.38. The molecule has 0 bridgehead atoms. The van der Waals surface area contributed by atoms with Crippen LogP contribution >= 0.6 is 11.3 Å². The zero-order chi connectivity index (χ0) is 16.2. The number of carbonyl (C=O) groups is 1. The number of amides is 1. The molecule has 1 aromatic heterocycles. The molecule has 2 aliphatic heterocycles. The lowest BCUT2D eigenvalue weighted by Gasteiger charge is -2.26. The van der Waals surface area contributed by atoms with Crippen LogP contribution in [0.15, 0.2) is 33.9 Å². The summed E-state index contributed by atoms with van der Waals surface area (Å²) in [6.07, 6.45) is 1.78. The molecular weight excluding hydrogens is 332 g/mol. The smallest absolute Gasteiger partial charge is 0.271 e. The first-order chi connectivity index (χ1) is 11.0. The van der Waals surface area contributed by atoms with E-state index in [0.717, 1.165) is 36.2 Å². The van der Waals surface area contributed by atoms with Crippen molar-refractivity contribution in [2.75, 3.05) is 16.2 Å². The zero-order valence-corrected chi connectivity index (χ0v) is 14.2. The SMILES string of the molecule is C[C@@H]1C(=O)N2CCCc3cc(NS(=O)(=O)c4cccs4)cc1c32. The molecule has 1 atom stereocenters. The number of aryl methyl sites for hydroxylation is 1. The predicted molar refractivity (Wildman–Crippen MR) is 90.7 cm³/mol. The van der Waals surface area contributed by atoms with Gasteiger partial charge in [-0.1, -0.05) is 6.07 Å². The van der Waals surface area contributed by atoms with Crippen LogP contribution in [0, 0.1) is 0 Å². The van der Waals surface area contributed by atoms with E-state index in [0.29, 0.717) is 5.69 Å². The number of hydrogen-bond donors (Lipinski definition) is 1. The van der Waals surface area contributed by atoms with E-state index in [1.54, 1.807) is 23.6 Å². The van der Waals surface area contributed by atoms with Crippen molar-refractivity contribution in [1.82, 2.24) is 0 Å². The van der Waals surface area contributed by atoms with Crippen molar-refractivity contribution in [3.8, 4) is 0 Å². The number of nitrogens with one attached hydrogen (secondary N) is 1. The maximum atomic E-state index is 12.4. The van der Waals surface area contributed by atoms with Crippen LogP contribution in [0.4, 0.5) is 11.4 Å². The predicted octanol–water partition coefficient (Wildman–Crippen LogP) is 2.95. The van der Waals surface area contributed by atoms with Crippen molar-refractivity contribution in [2.45, 2.75) is 29.9 Å². The molecule has 2 aromatic rings. The van der Waals surface area contributed by atoms with Crippen LogP contribution in [-0.2, 0) is 21.2 Å². The van der Waals surface area contributed by atoms with Crippen LogP contribution < -0.4 is 9.62 Å². The highest BCUT2D eigenvalue weighted by molar-refractivity contribution is 7.94. The Morgan fingerprint density at radius 2 is 2.17 bits per heavy atom. The third-order valence-electron chi connectivity index (χ3n) is 4.43. The van der Waals surface area contributed by atoms with Gasteiger partial charge in [0.05, 0.1) is 11.6 Å². The number of hydrogen-bond acceptors (Lipinski definition) is 4. The number of carbonyl (C=O) groups excluding carboxylic acids is 1. The molecular formula is C16H16N2O3S2. The maximum absolute atomic E-state index is 12.4. The number of rotatable bonds is 3. The van der Waals surface area contributed by atoms with Gasteiger partial charge in [-0.15, -0.1) is 11.3 Å².